The van der Waals surface area contributed by atoms with Crippen LogP contribution in [0.15, 0.2) is 35.3 Å². The van der Waals surface area contributed by atoms with E-state index in [-0.39, 0.29) is 0 Å². The highest BCUT2D eigenvalue weighted by Crippen LogP contribution is 2.23. The molecule has 30 heavy (non-hydrogen) atoms. The van der Waals surface area contributed by atoms with Crippen LogP contribution in [-0.2, 0) is 10.8 Å². The first-order valence-electron chi connectivity index (χ1n) is 11.6. The van der Waals surface area contributed by atoms with Gasteiger partial charge < -0.3 is 15.5 Å². The topological polar surface area (TPSA) is 60.0 Å². The van der Waals surface area contributed by atoms with E-state index in [4.69, 9.17) is 0 Å². The van der Waals surface area contributed by atoms with E-state index in [0.717, 1.165) is 83.1 Å². The fraction of sp³-hybridized carbons (Fsp3) is 0.696. The number of rotatable bonds is 8. The van der Waals surface area contributed by atoms with E-state index in [1.807, 2.05) is 14.0 Å². The summed E-state index contributed by atoms with van der Waals surface area (Å²) in [5, 5.41) is 7.38. The van der Waals surface area contributed by atoms with Crippen LogP contribution in [0.4, 0.5) is 5.69 Å². The molecule has 2 fully saturated rings. The Hall–Kier alpha value is -1.60. The summed E-state index contributed by atoms with van der Waals surface area (Å²) < 4.78 is 12.2. The van der Waals surface area contributed by atoms with Crippen molar-refractivity contribution < 1.29 is 4.21 Å². The number of hydrogen-bond donors (Lipinski definition) is 2. The maximum atomic E-state index is 12.2. The lowest BCUT2D eigenvalue weighted by molar-refractivity contribution is 0.255. The third kappa shape index (κ3) is 6.98. The van der Waals surface area contributed by atoms with Gasteiger partial charge in [0.15, 0.2) is 5.96 Å². The smallest absolute Gasteiger partial charge is 0.191 e. The molecule has 0 amide bonds. The van der Waals surface area contributed by atoms with Crippen LogP contribution in [0.1, 0.15) is 39.0 Å². The number of benzene rings is 1. The van der Waals surface area contributed by atoms with E-state index >= 15 is 0 Å². The zero-order chi connectivity index (χ0) is 21.2. The number of nitrogens with one attached hydrogen (secondary N) is 2. The van der Waals surface area contributed by atoms with Crippen LogP contribution in [-0.4, -0.2) is 78.4 Å². The van der Waals surface area contributed by atoms with Gasteiger partial charge in [-0.25, -0.2) is 0 Å². The lowest BCUT2D eigenvalue weighted by Gasteiger charge is -2.36. The highest BCUT2D eigenvalue weighted by molar-refractivity contribution is 7.85. The van der Waals surface area contributed by atoms with E-state index in [0.29, 0.717) is 11.3 Å². The van der Waals surface area contributed by atoms with Crippen LogP contribution in [0, 0.1) is 0 Å². The standard InChI is InChI=1S/C23H39N5OS/c1-3-30(29)22-12-7-9-20(19-22)26-23(24-2)25-13-8-14-27-15-17-28(18-16-27)21-10-5-4-6-11-21/h4-6,10-11,20,22H,3,7-9,12-19H2,1-2H3,(H2,24,25,26). The van der Waals surface area contributed by atoms with E-state index < -0.39 is 10.8 Å². The number of guanidine groups is 1. The van der Waals surface area contributed by atoms with E-state index in [2.05, 4.69) is 55.8 Å². The molecular weight excluding hydrogens is 394 g/mol. The molecule has 1 heterocycles. The number of hydrogen-bond acceptors (Lipinski definition) is 4. The Kier molecular flexibility index (Phi) is 9.46. The Morgan fingerprint density at radius 2 is 1.93 bits per heavy atom. The molecule has 1 aliphatic carbocycles. The second-order valence-corrected chi connectivity index (χ2v) is 10.3. The van der Waals surface area contributed by atoms with Gasteiger partial charge in [-0.3, -0.25) is 14.1 Å². The van der Waals surface area contributed by atoms with Gasteiger partial charge in [-0.15, -0.1) is 0 Å². The molecule has 0 bridgehead atoms. The molecule has 0 radical (unpaired) electrons. The molecule has 3 rings (SSSR count). The molecule has 1 saturated heterocycles. The Morgan fingerprint density at radius 1 is 1.17 bits per heavy atom. The third-order valence-corrected chi connectivity index (χ3v) is 8.02. The quantitative estimate of drug-likeness (QED) is 0.375. The molecule has 6 nitrogen and oxygen atoms in total. The minimum Gasteiger partial charge on any atom is -0.369 e. The number of aliphatic imine (C=N–C) groups is 1. The molecule has 1 aromatic carbocycles. The summed E-state index contributed by atoms with van der Waals surface area (Å²) in [6.45, 7) is 8.52. The van der Waals surface area contributed by atoms with Crippen molar-refractivity contribution >= 4 is 22.4 Å². The zero-order valence-corrected chi connectivity index (χ0v) is 19.5. The fourth-order valence-corrected chi connectivity index (χ4v) is 5.86. The summed E-state index contributed by atoms with van der Waals surface area (Å²) in [6, 6.07) is 11.1. The summed E-state index contributed by atoms with van der Waals surface area (Å²) >= 11 is 0. The van der Waals surface area contributed by atoms with Crippen molar-refractivity contribution in [1.82, 2.24) is 15.5 Å². The van der Waals surface area contributed by atoms with Crippen molar-refractivity contribution in [2.45, 2.75) is 50.3 Å². The Bertz CT molecular complexity index is 675. The molecule has 3 atom stereocenters. The van der Waals surface area contributed by atoms with Crippen LogP contribution in [0.5, 0.6) is 0 Å². The van der Waals surface area contributed by atoms with Crippen molar-refractivity contribution in [3.63, 3.8) is 0 Å². The first kappa shape index (κ1) is 23.1. The molecule has 168 valence electrons. The largest absolute Gasteiger partial charge is 0.369 e. The first-order chi connectivity index (χ1) is 14.7. The highest BCUT2D eigenvalue weighted by Gasteiger charge is 2.26. The van der Waals surface area contributed by atoms with E-state index in [9.17, 15) is 4.21 Å². The average molecular weight is 434 g/mol. The maximum Gasteiger partial charge on any atom is 0.191 e. The van der Waals surface area contributed by atoms with Crippen molar-refractivity contribution in [2.24, 2.45) is 4.99 Å². The van der Waals surface area contributed by atoms with Crippen LogP contribution in [0.2, 0.25) is 0 Å². The minimum atomic E-state index is -0.685. The van der Waals surface area contributed by atoms with Gasteiger partial charge in [0.05, 0.1) is 0 Å². The molecular formula is C23H39N5OS. The molecule has 0 aromatic heterocycles. The van der Waals surface area contributed by atoms with Gasteiger partial charge in [0, 0.05) is 73.3 Å². The molecule has 1 aliphatic heterocycles. The van der Waals surface area contributed by atoms with Crippen molar-refractivity contribution in [2.75, 3.05) is 57.0 Å². The Morgan fingerprint density at radius 3 is 2.63 bits per heavy atom. The predicted molar refractivity (Wildman–Crippen MR) is 129 cm³/mol. The predicted octanol–water partition coefficient (Wildman–Crippen LogP) is 2.44. The number of anilines is 1. The van der Waals surface area contributed by atoms with Gasteiger partial charge >= 0.3 is 0 Å². The van der Waals surface area contributed by atoms with Gasteiger partial charge in [0.25, 0.3) is 0 Å². The molecule has 1 aromatic rings. The fourth-order valence-electron chi connectivity index (χ4n) is 4.52. The van der Waals surface area contributed by atoms with Crippen molar-refractivity contribution in [3.8, 4) is 0 Å². The SMILES string of the molecule is CCS(=O)C1CCCC(NC(=NC)NCCCN2CCN(c3ccccc3)CC2)C1. The van der Waals surface area contributed by atoms with Gasteiger partial charge in [0.1, 0.15) is 0 Å². The van der Waals surface area contributed by atoms with Gasteiger partial charge in [0.2, 0.25) is 0 Å². The number of nitrogens with zero attached hydrogens (tertiary/aromatic N) is 3. The van der Waals surface area contributed by atoms with Crippen LogP contribution in [0.3, 0.4) is 0 Å². The molecule has 3 unspecified atom stereocenters. The monoisotopic (exact) mass is 433 g/mol. The average Bonchev–Trinajstić information content (AvgIpc) is 2.81. The summed E-state index contributed by atoms with van der Waals surface area (Å²) in [4.78, 5) is 9.43. The second-order valence-electron chi connectivity index (χ2n) is 8.32. The van der Waals surface area contributed by atoms with Crippen LogP contribution >= 0.6 is 0 Å². The molecule has 2 aliphatic rings. The molecule has 1 saturated carbocycles. The Balaban J connectivity index is 1.31. The summed E-state index contributed by atoms with van der Waals surface area (Å²) in [7, 11) is 1.15. The van der Waals surface area contributed by atoms with Crippen LogP contribution in [0.25, 0.3) is 0 Å². The van der Waals surface area contributed by atoms with Crippen molar-refractivity contribution in [1.29, 1.82) is 0 Å². The summed E-state index contributed by atoms with van der Waals surface area (Å²) in [6.07, 6.45) is 5.50. The second kappa shape index (κ2) is 12.3. The molecule has 2 N–H and O–H groups in total. The van der Waals surface area contributed by atoms with Gasteiger partial charge in [-0.1, -0.05) is 31.5 Å². The summed E-state index contributed by atoms with van der Waals surface area (Å²) in [5.41, 5.74) is 1.33. The maximum absolute atomic E-state index is 12.2. The lowest BCUT2D eigenvalue weighted by Crippen LogP contribution is -2.48. The normalized spacial score (nSPS) is 24.5. The Labute approximate surface area is 185 Å². The minimum absolute atomic E-state index is 0.342. The third-order valence-electron chi connectivity index (χ3n) is 6.28. The van der Waals surface area contributed by atoms with Gasteiger partial charge in [-0.2, -0.15) is 0 Å². The molecule has 7 heteroatoms. The van der Waals surface area contributed by atoms with Crippen molar-refractivity contribution in [3.05, 3.63) is 30.3 Å². The highest BCUT2D eigenvalue weighted by atomic mass is 32.2. The van der Waals surface area contributed by atoms with E-state index in [1.165, 1.54) is 5.69 Å². The zero-order valence-electron chi connectivity index (χ0n) is 18.7. The number of piperazine rings is 1. The summed E-state index contributed by atoms with van der Waals surface area (Å²) in [5.74, 6) is 1.65. The van der Waals surface area contributed by atoms with Gasteiger partial charge in [-0.05, 0) is 44.4 Å². The van der Waals surface area contributed by atoms with Crippen LogP contribution < -0.4 is 15.5 Å². The molecule has 0 spiro atoms. The number of para-hydroxylation sites is 1. The van der Waals surface area contributed by atoms with E-state index in [1.54, 1.807) is 0 Å². The first-order valence-corrected chi connectivity index (χ1v) is 12.9. The lowest BCUT2D eigenvalue weighted by atomic mass is 9.95.